The van der Waals surface area contributed by atoms with E-state index in [1.165, 1.54) is 0 Å². The number of hydrogen-bond donors (Lipinski definition) is 3. The number of nitrogens with zero attached hydrogens (tertiary/aromatic N) is 1. The topological polar surface area (TPSA) is 77.0 Å². The third-order valence-corrected chi connectivity index (χ3v) is 2.18. The first kappa shape index (κ1) is 11.6. The van der Waals surface area contributed by atoms with Gasteiger partial charge in [0.15, 0.2) is 0 Å². The fraction of sp³-hybridized carbons (Fsp3) is 0.545. The first-order chi connectivity index (χ1) is 6.99. The Morgan fingerprint density at radius 3 is 2.47 bits per heavy atom. The van der Waals surface area contributed by atoms with Crippen molar-refractivity contribution in [2.24, 2.45) is 5.92 Å². The minimum atomic E-state index is 0.386. The molecule has 1 aromatic heterocycles. The van der Waals surface area contributed by atoms with Crippen molar-refractivity contribution in [3.63, 3.8) is 0 Å². The Balaban J connectivity index is 2.60. The van der Waals surface area contributed by atoms with E-state index in [0.29, 0.717) is 23.5 Å². The van der Waals surface area contributed by atoms with Crippen molar-refractivity contribution in [2.75, 3.05) is 16.8 Å². The van der Waals surface area contributed by atoms with E-state index in [1.54, 1.807) is 6.07 Å². The average molecular weight is 208 g/mol. The van der Waals surface area contributed by atoms with Crippen molar-refractivity contribution < 1.29 is 0 Å². The zero-order chi connectivity index (χ0) is 11.4. The highest BCUT2D eigenvalue weighted by molar-refractivity contribution is 5.61. The van der Waals surface area contributed by atoms with Gasteiger partial charge in [0, 0.05) is 6.04 Å². The zero-order valence-corrected chi connectivity index (χ0v) is 9.62. The van der Waals surface area contributed by atoms with E-state index in [9.17, 15) is 0 Å². The molecule has 0 aliphatic heterocycles. The fourth-order valence-electron chi connectivity index (χ4n) is 1.58. The van der Waals surface area contributed by atoms with Gasteiger partial charge in [-0.3, -0.25) is 0 Å². The summed E-state index contributed by atoms with van der Waals surface area (Å²) in [5, 5.41) is 3.29. The molecule has 0 radical (unpaired) electrons. The van der Waals surface area contributed by atoms with Gasteiger partial charge in [-0.1, -0.05) is 13.8 Å². The van der Waals surface area contributed by atoms with Crippen LogP contribution in [0.5, 0.6) is 0 Å². The number of hydrogen-bond acceptors (Lipinski definition) is 4. The fourth-order valence-corrected chi connectivity index (χ4v) is 1.58. The Hall–Kier alpha value is -1.45. The average Bonchev–Trinajstić information content (AvgIpc) is 2.10. The molecule has 1 aromatic rings. The molecule has 0 fully saturated rings. The molecule has 4 nitrogen and oxygen atoms in total. The van der Waals surface area contributed by atoms with Gasteiger partial charge in [-0.15, -0.1) is 0 Å². The van der Waals surface area contributed by atoms with Gasteiger partial charge < -0.3 is 16.8 Å². The predicted molar refractivity (Wildman–Crippen MR) is 65.6 cm³/mol. The van der Waals surface area contributed by atoms with E-state index in [2.05, 4.69) is 31.1 Å². The van der Waals surface area contributed by atoms with Crippen LogP contribution in [0.25, 0.3) is 0 Å². The third kappa shape index (κ3) is 3.65. The summed E-state index contributed by atoms with van der Waals surface area (Å²) < 4.78 is 0. The lowest BCUT2D eigenvalue weighted by atomic mass is 10.1. The molecule has 0 aromatic carbocycles. The standard InChI is InChI=1S/C11H20N4/c1-7(2)6-8(3)14-10-5-4-9(12)11(13)15-10/h4-5,7-8H,6,12H2,1-3H3,(H3,13,14,15). The number of pyridine rings is 1. The van der Waals surface area contributed by atoms with Crippen molar-refractivity contribution in [1.29, 1.82) is 0 Å². The van der Waals surface area contributed by atoms with Crippen LogP contribution >= 0.6 is 0 Å². The molecule has 0 amide bonds. The smallest absolute Gasteiger partial charge is 0.149 e. The first-order valence-electron chi connectivity index (χ1n) is 5.27. The Bertz CT molecular complexity index is 322. The maximum atomic E-state index is 5.62. The van der Waals surface area contributed by atoms with Crippen molar-refractivity contribution in [1.82, 2.24) is 4.98 Å². The molecule has 1 atom stereocenters. The van der Waals surface area contributed by atoms with Crippen LogP contribution in [0.3, 0.4) is 0 Å². The van der Waals surface area contributed by atoms with Crippen LogP contribution in [-0.4, -0.2) is 11.0 Å². The highest BCUT2D eigenvalue weighted by atomic mass is 15.0. The summed E-state index contributed by atoms with van der Waals surface area (Å²) in [6, 6.07) is 4.01. The Labute approximate surface area is 91.1 Å². The van der Waals surface area contributed by atoms with Gasteiger partial charge in [0.25, 0.3) is 0 Å². The van der Waals surface area contributed by atoms with E-state index in [-0.39, 0.29) is 0 Å². The number of anilines is 3. The SMILES string of the molecule is CC(C)CC(C)Nc1ccc(N)c(N)n1. The van der Waals surface area contributed by atoms with E-state index in [0.717, 1.165) is 12.2 Å². The lowest BCUT2D eigenvalue weighted by Crippen LogP contribution is -2.18. The maximum Gasteiger partial charge on any atom is 0.149 e. The molecular weight excluding hydrogens is 188 g/mol. The zero-order valence-electron chi connectivity index (χ0n) is 9.62. The monoisotopic (exact) mass is 208 g/mol. The van der Waals surface area contributed by atoms with Gasteiger partial charge in [0.2, 0.25) is 0 Å². The van der Waals surface area contributed by atoms with Crippen LogP contribution in [0.4, 0.5) is 17.3 Å². The summed E-state index contributed by atoms with van der Waals surface area (Å²) in [7, 11) is 0. The van der Waals surface area contributed by atoms with Crippen LogP contribution in [0.2, 0.25) is 0 Å². The largest absolute Gasteiger partial charge is 0.396 e. The second kappa shape index (κ2) is 4.87. The second-order valence-electron chi connectivity index (χ2n) is 4.35. The van der Waals surface area contributed by atoms with Crippen LogP contribution in [0, 0.1) is 5.92 Å². The highest BCUT2D eigenvalue weighted by Gasteiger charge is 2.06. The highest BCUT2D eigenvalue weighted by Crippen LogP contribution is 2.16. The molecule has 5 N–H and O–H groups in total. The number of nitrogens with two attached hydrogens (primary N) is 2. The lowest BCUT2D eigenvalue weighted by Gasteiger charge is -2.16. The molecule has 1 heterocycles. The molecule has 15 heavy (non-hydrogen) atoms. The maximum absolute atomic E-state index is 5.62. The number of nitrogen functional groups attached to an aromatic ring is 2. The molecule has 0 spiro atoms. The van der Waals surface area contributed by atoms with E-state index < -0.39 is 0 Å². The third-order valence-electron chi connectivity index (χ3n) is 2.18. The minimum Gasteiger partial charge on any atom is -0.396 e. The Morgan fingerprint density at radius 1 is 1.27 bits per heavy atom. The molecule has 0 saturated heterocycles. The molecule has 1 rings (SSSR count). The molecule has 0 aliphatic carbocycles. The van der Waals surface area contributed by atoms with Gasteiger partial charge in [0.05, 0.1) is 5.69 Å². The van der Waals surface area contributed by atoms with Gasteiger partial charge in [0.1, 0.15) is 11.6 Å². The van der Waals surface area contributed by atoms with Gasteiger partial charge >= 0.3 is 0 Å². The van der Waals surface area contributed by atoms with E-state index >= 15 is 0 Å². The lowest BCUT2D eigenvalue weighted by molar-refractivity contribution is 0.539. The second-order valence-corrected chi connectivity index (χ2v) is 4.35. The van der Waals surface area contributed by atoms with Gasteiger partial charge in [-0.25, -0.2) is 4.98 Å². The summed E-state index contributed by atoms with van der Waals surface area (Å²) in [5.41, 5.74) is 11.7. The van der Waals surface area contributed by atoms with Crippen molar-refractivity contribution in [3.05, 3.63) is 12.1 Å². The normalized spacial score (nSPS) is 12.8. The first-order valence-corrected chi connectivity index (χ1v) is 5.27. The molecule has 0 bridgehead atoms. The molecule has 0 aliphatic rings. The minimum absolute atomic E-state index is 0.386. The van der Waals surface area contributed by atoms with E-state index in [4.69, 9.17) is 11.5 Å². The van der Waals surface area contributed by atoms with Crippen LogP contribution < -0.4 is 16.8 Å². The molecule has 84 valence electrons. The van der Waals surface area contributed by atoms with Crippen LogP contribution in [0.1, 0.15) is 27.2 Å². The summed E-state index contributed by atoms with van der Waals surface area (Å²) in [6.45, 7) is 6.53. The van der Waals surface area contributed by atoms with Gasteiger partial charge in [-0.2, -0.15) is 0 Å². The summed E-state index contributed by atoms with van der Waals surface area (Å²) >= 11 is 0. The Kier molecular flexibility index (Phi) is 3.77. The quantitative estimate of drug-likeness (QED) is 0.708. The Morgan fingerprint density at radius 2 is 1.93 bits per heavy atom. The molecule has 0 saturated carbocycles. The molecule has 4 heteroatoms. The molecular formula is C11H20N4. The number of rotatable bonds is 4. The van der Waals surface area contributed by atoms with Crippen LogP contribution in [0.15, 0.2) is 12.1 Å². The number of aromatic nitrogens is 1. The summed E-state index contributed by atoms with van der Waals surface area (Å²) in [4.78, 5) is 4.16. The number of nitrogens with one attached hydrogen (secondary N) is 1. The van der Waals surface area contributed by atoms with Gasteiger partial charge in [-0.05, 0) is 31.4 Å². The molecule has 1 unspecified atom stereocenters. The predicted octanol–water partition coefficient (Wildman–Crippen LogP) is 2.09. The van der Waals surface area contributed by atoms with Crippen molar-refractivity contribution in [2.45, 2.75) is 33.2 Å². The van der Waals surface area contributed by atoms with Crippen LogP contribution in [-0.2, 0) is 0 Å². The van der Waals surface area contributed by atoms with E-state index in [1.807, 2.05) is 6.07 Å². The van der Waals surface area contributed by atoms with Crippen molar-refractivity contribution >= 4 is 17.3 Å². The summed E-state index contributed by atoms with van der Waals surface area (Å²) in [6.07, 6.45) is 1.10. The van der Waals surface area contributed by atoms with Crippen molar-refractivity contribution in [3.8, 4) is 0 Å². The summed E-state index contributed by atoms with van der Waals surface area (Å²) in [5.74, 6) is 1.84.